The van der Waals surface area contributed by atoms with E-state index in [1.807, 2.05) is 69.1 Å². The lowest BCUT2D eigenvalue weighted by atomic mass is 9.93. The molecule has 1 heterocycles. The van der Waals surface area contributed by atoms with Crippen molar-refractivity contribution < 1.29 is 9.59 Å². The second-order valence-corrected chi connectivity index (χ2v) is 11.3. The summed E-state index contributed by atoms with van der Waals surface area (Å²) in [5.41, 5.74) is 1.39. The molecular formula is C28H39Cl2N3O2. The highest BCUT2D eigenvalue weighted by atomic mass is 35.5. The van der Waals surface area contributed by atoms with Gasteiger partial charge in [-0.25, -0.2) is 0 Å². The van der Waals surface area contributed by atoms with Crippen LogP contribution >= 0.6 is 23.2 Å². The first-order valence-electron chi connectivity index (χ1n) is 12.7. The van der Waals surface area contributed by atoms with E-state index in [0.717, 1.165) is 42.0 Å². The Morgan fingerprint density at radius 2 is 1.77 bits per heavy atom. The minimum atomic E-state index is -0.717. The van der Waals surface area contributed by atoms with Gasteiger partial charge in [-0.2, -0.15) is 0 Å². The first-order valence-corrected chi connectivity index (χ1v) is 13.6. The zero-order valence-corrected chi connectivity index (χ0v) is 23.0. The molecule has 3 rings (SSSR count). The molecule has 0 unspecified atom stereocenters. The van der Waals surface area contributed by atoms with Gasteiger partial charge in [-0.05, 0) is 64.3 Å². The zero-order chi connectivity index (χ0) is 25.6. The molecule has 0 saturated heterocycles. The van der Waals surface area contributed by atoms with Crippen molar-refractivity contribution >= 4 is 35.0 Å². The van der Waals surface area contributed by atoms with E-state index in [0.29, 0.717) is 13.1 Å². The number of carbonyl (C=O) groups excluding carboxylic acids is 2. The SMILES string of the molecule is CC(C)N(CC(=O)N(Cc1cccn1Cc1ccccc1Cl)C1CCCCC1)C(=O)C(C)(C)CCl. The minimum absolute atomic E-state index is 0.00480. The van der Waals surface area contributed by atoms with Gasteiger partial charge in [0, 0.05) is 41.4 Å². The van der Waals surface area contributed by atoms with Crippen molar-refractivity contribution in [2.75, 3.05) is 12.4 Å². The van der Waals surface area contributed by atoms with Crippen LogP contribution in [0.2, 0.25) is 5.02 Å². The fraction of sp³-hybridized carbons (Fsp3) is 0.571. The number of aromatic nitrogens is 1. The fourth-order valence-corrected chi connectivity index (χ4v) is 5.03. The maximum absolute atomic E-state index is 13.8. The summed E-state index contributed by atoms with van der Waals surface area (Å²) in [6, 6.07) is 12.0. The summed E-state index contributed by atoms with van der Waals surface area (Å²) in [5, 5.41) is 0.736. The third-order valence-corrected chi connectivity index (χ3v) is 8.03. The van der Waals surface area contributed by atoms with Crippen LogP contribution in [0.15, 0.2) is 42.6 Å². The summed E-state index contributed by atoms with van der Waals surface area (Å²) in [6.45, 7) is 8.81. The van der Waals surface area contributed by atoms with Gasteiger partial charge in [0.1, 0.15) is 6.54 Å². The molecule has 0 aliphatic heterocycles. The van der Waals surface area contributed by atoms with Crippen LogP contribution in [0.25, 0.3) is 0 Å². The summed E-state index contributed by atoms with van der Waals surface area (Å²) >= 11 is 12.5. The van der Waals surface area contributed by atoms with E-state index in [9.17, 15) is 9.59 Å². The normalized spacial score (nSPS) is 14.8. The topological polar surface area (TPSA) is 45.6 Å². The van der Waals surface area contributed by atoms with Crippen molar-refractivity contribution in [3.8, 4) is 0 Å². The second kappa shape index (κ2) is 12.3. The second-order valence-electron chi connectivity index (χ2n) is 10.6. The predicted molar refractivity (Wildman–Crippen MR) is 144 cm³/mol. The molecule has 1 aromatic heterocycles. The third-order valence-electron chi connectivity index (χ3n) is 6.99. The molecule has 7 heteroatoms. The molecule has 1 saturated carbocycles. The fourth-order valence-electron chi connectivity index (χ4n) is 4.72. The van der Waals surface area contributed by atoms with Gasteiger partial charge in [-0.1, -0.05) is 49.1 Å². The number of rotatable bonds is 10. The van der Waals surface area contributed by atoms with Gasteiger partial charge in [0.25, 0.3) is 0 Å². The van der Waals surface area contributed by atoms with Crippen LogP contribution in [0.1, 0.15) is 71.1 Å². The first-order chi connectivity index (χ1) is 16.6. The summed E-state index contributed by atoms with van der Waals surface area (Å²) in [5.74, 6) is 0.127. The standard InChI is InChI=1S/C28H39Cl2N3O2/c1-21(2)32(27(35)28(3,4)20-29)19-26(34)33(23-12-6-5-7-13-23)18-24-14-10-16-31(24)17-22-11-8-9-15-25(22)30/h8-11,14-16,21,23H,5-7,12-13,17-20H2,1-4H3. The molecule has 1 aliphatic rings. The average Bonchev–Trinajstić information content (AvgIpc) is 3.28. The summed E-state index contributed by atoms with van der Waals surface area (Å²) in [4.78, 5) is 30.7. The van der Waals surface area contributed by atoms with Crippen LogP contribution in [0.3, 0.4) is 0 Å². The van der Waals surface area contributed by atoms with Gasteiger partial charge in [0.2, 0.25) is 11.8 Å². The summed E-state index contributed by atoms with van der Waals surface area (Å²) in [6.07, 6.45) is 7.50. The van der Waals surface area contributed by atoms with Crippen LogP contribution in [-0.2, 0) is 22.7 Å². The average molecular weight is 521 g/mol. The Labute approximate surface area is 220 Å². The lowest BCUT2D eigenvalue weighted by molar-refractivity contribution is -0.148. The maximum Gasteiger partial charge on any atom is 0.242 e. The van der Waals surface area contributed by atoms with Crippen molar-refractivity contribution in [1.82, 2.24) is 14.4 Å². The number of nitrogens with zero attached hydrogens (tertiary/aromatic N) is 3. The van der Waals surface area contributed by atoms with Gasteiger partial charge in [0.05, 0.1) is 12.0 Å². The Balaban J connectivity index is 1.84. The molecule has 0 radical (unpaired) electrons. The van der Waals surface area contributed by atoms with E-state index in [-0.39, 0.29) is 36.3 Å². The van der Waals surface area contributed by atoms with Gasteiger partial charge >= 0.3 is 0 Å². The quantitative estimate of drug-likeness (QED) is 0.343. The van der Waals surface area contributed by atoms with Crippen LogP contribution < -0.4 is 0 Å². The Hall–Kier alpha value is -1.98. The first kappa shape index (κ1) is 27.6. The molecule has 1 fully saturated rings. The highest BCUT2D eigenvalue weighted by Gasteiger charge is 2.35. The summed E-state index contributed by atoms with van der Waals surface area (Å²) < 4.78 is 2.16. The van der Waals surface area contributed by atoms with E-state index in [1.165, 1.54) is 6.42 Å². The predicted octanol–water partition coefficient (Wildman–Crippen LogP) is 6.35. The van der Waals surface area contributed by atoms with Gasteiger partial charge in [-0.3, -0.25) is 9.59 Å². The third kappa shape index (κ3) is 7.04. The number of benzene rings is 1. The number of hydrogen-bond donors (Lipinski definition) is 0. The van der Waals surface area contributed by atoms with Crippen molar-refractivity contribution in [2.24, 2.45) is 5.41 Å². The number of hydrogen-bond acceptors (Lipinski definition) is 2. The number of amides is 2. The largest absolute Gasteiger partial charge is 0.345 e. The van der Waals surface area contributed by atoms with Gasteiger partial charge in [0.15, 0.2) is 0 Å². The molecule has 1 aromatic carbocycles. The molecule has 0 bridgehead atoms. The molecule has 0 atom stereocenters. The highest BCUT2D eigenvalue weighted by molar-refractivity contribution is 6.31. The minimum Gasteiger partial charge on any atom is -0.345 e. The van der Waals surface area contributed by atoms with Crippen LogP contribution in [0.5, 0.6) is 0 Å². The lowest BCUT2D eigenvalue weighted by Crippen LogP contribution is -2.52. The van der Waals surface area contributed by atoms with E-state index in [4.69, 9.17) is 23.2 Å². The molecule has 1 aliphatic carbocycles. The Morgan fingerprint density at radius 3 is 2.40 bits per heavy atom. The van der Waals surface area contributed by atoms with Crippen molar-refractivity contribution in [3.63, 3.8) is 0 Å². The number of alkyl halides is 1. The Bertz CT molecular complexity index is 996. The molecule has 5 nitrogen and oxygen atoms in total. The van der Waals surface area contributed by atoms with Crippen molar-refractivity contribution in [2.45, 2.75) is 85.0 Å². The molecule has 0 N–H and O–H groups in total. The van der Waals surface area contributed by atoms with Crippen LogP contribution in [0, 0.1) is 5.41 Å². The number of halogens is 2. The Kier molecular flexibility index (Phi) is 9.71. The van der Waals surface area contributed by atoms with Crippen LogP contribution in [-0.4, -0.2) is 50.7 Å². The van der Waals surface area contributed by atoms with Crippen molar-refractivity contribution in [1.29, 1.82) is 0 Å². The van der Waals surface area contributed by atoms with Crippen molar-refractivity contribution in [3.05, 3.63) is 58.9 Å². The molecule has 0 spiro atoms. The monoisotopic (exact) mass is 519 g/mol. The maximum atomic E-state index is 13.8. The smallest absolute Gasteiger partial charge is 0.242 e. The van der Waals surface area contributed by atoms with Gasteiger partial charge < -0.3 is 14.4 Å². The van der Waals surface area contributed by atoms with Gasteiger partial charge in [-0.15, -0.1) is 11.6 Å². The summed E-state index contributed by atoms with van der Waals surface area (Å²) in [7, 11) is 0. The number of carbonyl (C=O) groups is 2. The molecule has 2 aromatic rings. The highest BCUT2D eigenvalue weighted by Crippen LogP contribution is 2.27. The molecule has 2 amide bonds. The van der Waals surface area contributed by atoms with E-state index in [2.05, 4.69) is 10.6 Å². The molecule has 35 heavy (non-hydrogen) atoms. The van der Waals surface area contributed by atoms with E-state index < -0.39 is 5.41 Å². The zero-order valence-electron chi connectivity index (χ0n) is 21.5. The lowest BCUT2D eigenvalue weighted by Gasteiger charge is -2.38. The van der Waals surface area contributed by atoms with E-state index in [1.54, 1.807) is 4.90 Å². The van der Waals surface area contributed by atoms with E-state index >= 15 is 0 Å². The molecular weight excluding hydrogens is 481 g/mol. The van der Waals surface area contributed by atoms with Crippen LogP contribution in [0.4, 0.5) is 0 Å². The Morgan fingerprint density at radius 1 is 1.09 bits per heavy atom. The molecule has 192 valence electrons.